The van der Waals surface area contributed by atoms with Crippen LogP contribution in [0.4, 0.5) is 11.5 Å². The summed E-state index contributed by atoms with van der Waals surface area (Å²) in [5.41, 5.74) is 9.35. The topological polar surface area (TPSA) is 146 Å². The first-order chi connectivity index (χ1) is 17.8. The fraction of sp³-hybridized carbons (Fsp3) is 0.423. The SMILES string of the molecule is CCCCC(=O)NC=O.Cn1c(=O)[nH]c2cccc(N3CC(C(=O)N4CC(c5ccc(N)nc5)C4)C3)c21. The number of para-hydroxylation sites is 1. The molecule has 0 saturated carbocycles. The van der Waals surface area contributed by atoms with Gasteiger partial charge in [0, 0.05) is 51.8 Å². The number of anilines is 2. The fourth-order valence-electron chi connectivity index (χ4n) is 4.63. The van der Waals surface area contributed by atoms with Crippen molar-refractivity contribution in [1.82, 2.24) is 24.8 Å². The van der Waals surface area contributed by atoms with Crippen molar-refractivity contribution in [3.05, 3.63) is 52.6 Å². The van der Waals surface area contributed by atoms with Gasteiger partial charge >= 0.3 is 5.69 Å². The molecule has 2 fully saturated rings. The van der Waals surface area contributed by atoms with Crippen molar-refractivity contribution >= 4 is 40.8 Å². The Bertz CT molecular complexity index is 1320. The fourth-order valence-corrected chi connectivity index (χ4v) is 4.63. The molecule has 2 aromatic heterocycles. The van der Waals surface area contributed by atoms with E-state index < -0.39 is 0 Å². The van der Waals surface area contributed by atoms with E-state index in [2.05, 4.69) is 20.2 Å². The van der Waals surface area contributed by atoms with Crippen LogP contribution < -0.4 is 21.6 Å². The molecule has 0 unspecified atom stereocenters. The van der Waals surface area contributed by atoms with Crippen molar-refractivity contribution in [2.75, 3.05) is 36.8 Å². The van der Waals surface area contributed by atoms with Crippen LogP contribution in [0.3, 0.4) is 0 Å². The Kier molecular flexibility index (Phi) is 7.90. The van der Waals surface area contributed by atoms with Crippen LogP contribution in [0.2, 0.25) is 0 Å². The van der Waals surface area contributed by atoms with Crippen LogP contribution in [-0.4, -0.2) is 63.8 Å². The second-order valence-corrected chi connectivity index (χ2v) is 9.51. The van der Waals surface area contributed by atoms with Crippen LogP contribution in [0.15, 0.2) is 41.3 Å². The lowest BCUT2D eigenvalue weighted by Crippen LogP contribution is -2.59. The average Bonchev–Trinajstić information content (AvgIpc) is 3.12. The molecule has 37 heavy (non-hydrogen) atoms. The number of nitrogens with one attached hydrogen (secondary N) is 2. The first kappa shape index (κ1) is 25.9. The molecule has 0 spiro atoms. The van der Waals surface area contributed by atoms with Crippen molar-refractivity contribution in [3.8, 4) is 0 Å². The Morgan fingerprint density at radius 3 is 2.59 bits per heavy atom. The minimum Gasteiger partial charge on any atom is -0.384 e. The number of nitrogens with two attached hydrogens (primary N) is 1. The number of aryl methyl sites for hydroxylation is 1. The zero-order valence-corrected chi connectivity index (χ0v) is 21.1. The molecule has 0 radical (unpaired) electrons. The van der Waals surface area contributed by atoms with Crippen molar-refractivity contribution in [1.29, 1.82) is 0 Å². The van der Waals surface area contributed by atoms with Gasteiger partial charge in [0.05, 0.1) is 22.6 Å². The largest absolute Gasteiger partial charge is 0.384 e. The van der Waals surface area contributed by atoms with Crippen LogP contribution in [0, 0.1) is 5.92 Å². The highest BCUT2D eigenvalue weighted by Gasteiger charge is 2.41. The van der Waals surface area contributed by atoms with E-state index in [9.17, 15) is 19.2 Å². The molecule has 0 aliphatic carbocycles. The number of carbonyl (C=O) groups excluding carboxylic acids is 3. The third-order valence-electron chi connectivity index (χ3n) is 6.92. The monoisotopic (exact) mass is 507 g/mol. The van der Waals surface area contributed by atoms with Gasteiger partial charge in [-0.25, -0.2) is 9.78 Å². The lowest BCUT2D eigenvalue weighted by atomic mass is 9.89. The Morgan fingerprint density at radius 1 is 1.19 bits per heavy atom. The number of imide groups is 1. The first-order valence-electron chi connectivity index (χ1n) is 12.5. The molecule has 11 nitrogen and oxygen atoms in total. The molecular formula is C26H33N7O4. The van der Waals surface area contributed by atoms with Gasteiger partial charge in [-0.15, -0.1) is 0 Å². The lowest BCUT2D eigenvalue weighted by molar-refractivity contribution is -0.141. The molecule has 3 amide bonds. The number of H-pyrrole nitrogens is 1. The number of likely N-dealkylation sites (tertiary alicyclic amines) is 1. The number of pyridine rings is 1. The molecular weight excluding hydrogens is 474 g/mol. The van der Waals surface area contributed by atoms with Gasteiger partial charge < -0.3 is 20.5 Å². The summed E-state index contributed by atoms with van der Waals surface area (Å²) in [7, 11) is 1.76. The molecule has 3 aromatic rings. The molecule has 11 heteroatoms. The summed E-state index contributed by atoms with van der Waals surface area (Å²) < 4.78 is 1.63. The minimum absolute atomic E-state index is 0.0109. The number of hydrogen-bond acceptors (Lipinski definition) is 7. The standard InChI is InChI=1S/C20H22N6O2.C6H11NO2/c1-24-18-15(23-20(24)28)3-2-4-16(18)25-10-14(11-25)19(27)26-8-13(9-26)12-5-6-17(21)22-7-12;1-2-3-4-6(9)7-5-8/h2-7,13-14H,8-11H2,1H3,(H2,21,22)(H,23,28);5H,2-4H2,1H3,(H,7,8,9). The molecule has 5 rings (SSSR count). The van der Waals surface area contributed by atoms with E-state index in [1.54, 1.807) is 23.9 Å². The average molecular weight is 508 g/mol. The van der Waals surface area contributed by atoms with E-state index in [4.69, 9.17) is 5.73 Å². The van der Waals surface area contributed by atoms with E-state index in [-0.39, 0.29) is 23.4 Å². The van der Waals surface area contributed by atoms with Crippen LogP contribution in [0.25, 0.3) is 11.0 Å². The zero-order valence-electron chi connectivity index (χ0n) is 21.1. The van der Waals surface area contributed by atoms with E-state index in [1.807, 2.05) is 36.1 Å². The highest BCUT2D eigenvalue weighted by molar-refractivity contribution is 5.91. The lowest BCUT2D eigenvalue weighted by Gasteiger charge is -2.46. The molecule has 2 aliphatic heterocycles. The highest BCUT2D eigenvalue weighted by atomic mass is 16.2. The van der Waals surface area contributed by atoms with Gasteiger partial charge in [-0.2, -0.15) is 0 Å². The van der Waals surface area contributed by atoms with Crippen LogP contribution >= 0.6 is 0 Å². The van der Waals surface area contributed by atoms with Crippen molar-refractivity contribution in [2.24, 2.45) is 13.0 Å². The number of amides is 3. The minimum atomic E-state index is -0.188. The number of nitrogens with zero attached hydrogens (tertiary/aromatic N) is 4. The maximum atomic E-state index is 12.8. The Hall–Kier alpha value is -4.15. The van der Waals surface area contributed by atoms with Gasteiger partial charge in [-0.05, 0) is 30.2 Å². The number of benzene rings is 1. The summed E-state index contributed by atoms with van der Waals surface area (Å²) >= 11 is 0. The zero-order chi connectivity index (χ0) is 26.5. The summed E-state index contributed by atoms with van der Waals surface area (Å²) in [4.78, 5) is 55.9. The number of imidazole rings is 1. The summed E-state index contributed by atoms with van der Waals surface area (Å²) in [5.74, 6) is 0.895. The summed E-state index contributed by atoms with van der Waals surface area (Å²) in [6.45, 7) is 4.84. The van der Waals surface area contributed by atoms with E-state index in [0.29, 0.717) is 37.7 Å². The Morgan fingerprint density at radius 2 is 1.95 bits per heavy atom. The molecule has 4 N–H and O–H groups in total. The summed E-state index contributed by atoms with van der Waals surface area (Å²) in [6, 6.07) is 9.63. The highest BCUT2D eigenvalue weighted by Crippen LogP contribution is 2.34. The normalized spacial score (nSPS) is 15.4. The van der Waals surface area contributed by atoms with Crippen molar-refractivity contribution < 1.29 is 14.4 Å². The maximum absolute atomic E-state index is 12.8. The number of aromatic nitrogens is 3. The molecule has 1 aromatic carbocycles. The molecule has 4 heterocycles. The van der Waals surface area contributed by atoms with Gasteiger partial charge in [0.15, 0.2) is 0 Å². The Labute approximate surface area is 214 Å². The number of unbranched alkanes of at least 4 members (excludes halogenated alkanes) is 1. The predicted molar refractivity (Wildman–Crippen MR) is 141 cm³/mol. The van der Waals surface area contributed by atoms with E-state index >= 15 is 0 Å². The second kappa shape index (κ2) is 11.3. The van der Waals surface area contributed by atoms with E-state index in [0.717, 1.165) is 48.2 Å². The third-order valence-corrected chi connectivity index (χ3v) is 6.92. The van der Waals surface area contributed by atoms with Gasteiger partial charge in [0.2, 0.25) is 18.2 Å². The van der Waals surface area contributed by atoms with Gasteiger partial charge in [0.25, 0.3) is 0 Å². The summed E-state index contributed by atoms with van der Waals surface area (Å²) in [6.07, 6.45) is 4.49. The van der Waals surface area contributed by atoms with Crippen LogP contribution in [0.5, 0.6) is 0 Å². The van der Waals surface area contributed by atoms with Crippen LogP contribution in [-0.2, 0) is 21.4 Å². The number of nitrogen functional groups attached to an aromatic ring is 1. The molecule has 2 saturated heterocycles. The van der Waals surface area contributed by atoms with Crippen LogP contribution in [0.1, 0.15) is 37.7 Å². The number of aromatic amines is 1. The third kappa shape index (κ3) is 5.65. The van der Waals surface area contributed by atoms with Gasteiger partial charge in [-0.1, -0.05) is 25.5 Å². The maximum Gasteiger partial charge on any atom is 0.326 e. The predicted octanol–water partition coefficient (Wildman–Crippen LogP) is 1.36. The first-order valence-corrected chi connectivity index (χ1v) is 12.5. The smallest absolute Gasteiger partial charge is 0.326 e. The number of hydrogen-bond donors (Lipinski definition) is 3. The second-order valence-electron chi connectivity index (χ2n) is 9.51. The molecule has 0 bridgehead atoms. The summed E-state index contributed by atoms with van der Waals surface area (Å²) in [5, 5.41) is 2.06. The number of carbonyl (C=O) groups is 3. The number of fused-ring (bicyclic) bond motifs is 1. The molecule has 196 valence electrons. The quantitative estimate of drug-likeness (QED) is 0.409. The Balaban J connectivity index is 0.000000307. The number of rotatable bonds is 7. The van der Waals surface area contributed by atoms with E-state index in [1.165, 1.54) is 0 Å². The molecule has 0 atom stereocenters. The van der Waals surface area contributed by atoms with Crippen molar-refractivity contribution in [3.63, 3.8) is 0 Å². The van der Waals surface area contributed by atoms with Gasteiger partial charge in [0.1, 0.15) is 5.82 Å². The van der Waals surface area contributed by atoms with Crippen molar-refractivity contribution in [2.45, 2.75) is 32.1 Å². The van der Waals surface area contributed by atoms with Gasteiger partial charge in [-0.3, -0.25) is 24.3 Å². The molecule has 2 aliphatic rings.